The lowest BCUT2D eigenvalue weighted by molar-refractivity contribution is 1.18. The average molecular weight is 637 g/mol. The standard InChI is InChI=1S/C48H32N2/c1-3-15-33(16-4-1)38-24-14-28-46(48(38)34-17-5-2-6-18-34)50-45-27-12-9-23-41(45)42-30-29-36(32-47(42)50)35-19-13-20-37(31-35)49-43-25-10-7-21-39(43)40-22-8-11-26-44(40)49/h1-32H. The fourth-order valence-corrected chi connectivity index (χ4v) is 7.93. The minimum Gasteiger partial charge on any atom is -0.309 e. The van der Waals surface area contributed by atoms with Crippen molar-refractivity contribution in [1.29, 1.82) is 0 Å². The molecular weight excluding hydrogens is 605 g/mol. The first-order valence-corrected chi connectivity index (χ1v) is 17.2. The summed E-state index contributed by atoms with van der Waals surface area (Å²) >= 11 is 0. The number of aromatic nitrogens is 2. The van der Waals surface area contributed by atoms with Gasteiger partial charge in [-0.05, 0) is 70.3 Å². The van der Waals surface area contributed by atoms with Gasteiger partial charge in [-0.2, -0.15) is 0 Å². The number of hydrogen-bond acceptors (Lipinski definition) is 0. The van der Waals surface area contributed by atoms with E-state index in [1.54, 1.807) is 0 Å². The van der Waals surface area contributed by atoms with E-state index in [0.29, 0.717) is 0 Å². The molecule has 0 saturated carbocycles. The van der Waals surface area contributed by atoms with Gasteiger partial charge in [0.1, 0.15) is 0 Å². The zero-order valence-corrected chi connectivity index (χ0v) is 27.4. The molecule has 50 heavy (non-hydrogen) atoms. The second kappa shape index (κ2) is 11.5. The molecule has 0 atom stereocenters. The molecule has 0 aliphatic carbocycles. The van der Waals surface area contributed by atoms with Crippen molar-refractivity contribution in [2.75, 3.05) is 0 Å². The molecule has 2 aromatic heterocycles. The van der Waals surface area contributed by atoms with Crippen molar-refractivity contribution in [2.45, 2.75) is 0 Å². The van der Waals surface area contributed by atoms with E-state index in [-0.39, 0.29) is 0 Å². The van der Waals surface area contributed by atoms with Crippen LogP contribution < -0.4 is 0 Å². The van der Waals surface area contributed by atoms with Gasteiger partial charge in [-0.3, -0.25) is 0 Å². The predicted molar refractivity (Wildman–Crippen MR) is 211 cm³/mol. The monoisotopic (exact) mass is 636 g/mol. The average Bonchev–Trinajstić information content (AvgIpc) is 3.71. The van der Waals surface area contributed by atoms with Gasteiger partial charge in [0, 0.05) is 32.8 Å². The first-order chi connectivity index (χ1) is 24.8. The van der Waals surface area contributed by atoms with Crippen molar-refractivity contribution in [3.63, 3.8) is 0 Å². The summed E-state index contributed by atoms with van der Waals surface area (Å²) in [6, 6.07) is 70.4. The van der Waals surface area contributed by atoms with Gasteiger partial charge >= 0.3 is 0 Å². The third kappa shape index (κ3) is 4.43. The van der Waals surface area contributed by atoms with Crippen LogP contribution in [0.2, 0.25) is 0 Å². The van der Waals surface area contributed by atoms with E-state index in [1.807, 2.05) is 0 Å². The zero-order valence-electron chi connectivity index (χ0n) is 27.4. The van der Waals surface area contributed by atoms with Gasteiger partial charge in [-0.1, -0.05) is 152 Å². The SMILES string of the molecule is c1ccc(-c2cccc(-n3c4ccccc4c4ccc(-c5cccc(-n6c7ccccc7c7ccccc76)c5)cc43)c2-c2ccccc2)cc1. The van der Waals surface area contributed by atoms with E-state index in [1.165, 1.54) is 82.7 Å². The van der Waals surface area contributed by atoms with Crippen molar-refractivity contribution in [2.24, 2.45) is 0 Å². The number of hydrogen-bond donors (Lipinski definition) is 0. The molecule has 0 amide bonds. The summed E-state index contributed by atoms with van der Waals surface area (Å²) in [7, 11) is 0. The van der Waals surface area contributed by atoms with Crippen LogP contribution in [-0.2, 0) is 0 Å². The van der Waals surface area contributed by atoms with E-state index in [0.717, 1.165) is 5.69 Å². The number of rotatable bonds is 5. The molecule has 10 aromatic rings. The third-order valence-corrected chi connectivity index (χ3v) is 10.1. The lowest BCUT2D eigenvalue weighted by Gasteiger charge is -2.18. The first kappa shape index (κ1) is 28.4. The molecule has 2 nitrogen and oxygen atoms in total. The molecule has 2 heterocycles. The van der Waals surface area contributed by atoms with Crippen LogP contribution >= 0.6 is 0 Å². The Balaban J connectivity index is 1.22. The highest BCUT2D eigenvalue weighted by Crippen LogP contribution is 2.42. The molecule has 0 fully saturated rings. The van der Waals surface area contributed by atoms with Crippen LogP contribution in [0.3, 0.4) is 0 Å². The topological polar surface area (TPSA) is 9.86 Å². The Bertz CT molecular complexity index is 2800. The van der Waals surface area contributed by atoms with E-state index in [4.69, 9.17) is 0 Å². The molecule has 0 bridgehead atoms. The molecule has 234 valence electrons. The molecular formula is C48H32N2. The van der Waals surface area contributed by atoms with E-state index >= 15 is 0 Å². The molecule has 8 aromatic carbocycles. The van der Waals surface area contributed by atoms with Gasteiger partial charge < -0.3 is 9.13 Å². The Labute approximate surface area is 290 Å². The number of fused-ring (bicyclic) bond motifs is 6. The van der Waals surface area contributed by atoms with Crippen LogP contribution in [0, 0.1) is 0 Å². The highest BCUT2D eigenvalue weighted by molar-refractivity contribution is 6.12. The maximum absolute atomic E-state index is 2.47. The van der Waals surface area contributed by atoms with E-state index in [9.17, 15) is 0 Å². The summed E-state index contributed by atoms with van der Waals surface area (Å²) in [6.45, 7) is 0. The number of para-hydroxylation sites is 3. The van der Waals surface area contributed by atoms with Gasteiger partial charge in [0.25, 0.3) is 0 Å². The van der Waals surface area contributed by atoms with E-state index < -0.39 is 0 Å². The maximum atomic E-state index is 2.47. The summed E-state index contributed by atoms with van der Waals surface area (Å²) in [5.41, 5.74) is 14.3. The Hall–Kier alpha value is -6.64. The smallest absolute Gasteiger partial charge is 0.0547 e. The summed E-state index contributed by atoms with van der Waals surface area (Å²) in [6.07, 6.45) is 0. The predicted octanol–water partition coefficient (Wildman–Crippen LogP) is 12.9. The van der Waals surface area contributed by atoms with Crippen molar-refractivity contribution in [3.05, 3.63) is 194 Å². The molecule has 0 unspecified atom stereocenters. The molecule has 0 saturated heterocycles. The normalized spacial score (nSPS) is 11.6. The van der Waals surface area contributed by atoms with Crippen LogP contribution in [0.4, 0.5) is 0 Å². The largest absolute Gasteiger partial charge is 0.309 e. The Morgan fingerprint density at radius 2 is 0.780 bits per heavy atom. The second-order valence-corrected chi connectivity index (χ2v) is 12.9. The van der Waals surface area contributed by atoms with Crippen LogP contribution in [0.15, 0.2) is 194 Å². The van der Waals surface area contributed by atoms with Crippen molar-refractivity contribution < 1.29 is 0 Å². The van der Waals surface area contributed by atoms with Crippen LogP contribution in [0.5, 0.6) is 0 Å². The third-order valence-electron chi connectivity index (χ3n) is 10.1. The Morgan fingerprint density at radius 3 is 1.44 bits per heavy atom. The molecule has 0 aliphatic heterocycles. The molecule has 0 radical (unpaired) electrons. The highest BCUT2D eigenvalue weighted by Gasteiger charge is 2.19. The second-order valence-electron chi connectivity index (χ2n) is 12.9. The summed E-state index contributed by atoms with van der Waals surface area (Å²) in [5.74, 6) is 0. The van der Waals surface area contributed by atoms with Crippen molar-refractivity contribution in [1.82, 2.24) is 9.13 Å². The highest BCUT2D eigenvalue weighted by atomic mass is 15.0. The van der Waals surface area contributed by atoms with Gasteiger partial charge in [-0.25, -0.2) is 0 Å². The molecule has 0 N–H and O–H groups in total. The maximum Gasteiger partial charge on any atom is 0.0547 e. The number of benzene rings is 8. The van der Waals surface area contributed by atoms with Gasteiger partial charge in [-0.15, -0.1) is 0 Å². The molecule has 10 rings (SSSR count). The Morgan fingerprint density at radius 1 is 0.280 bits per heavy atom. The lowest BCUT2D eigenvalue weighted by atomic mass is 9.92. The minimum atomic E-state index is 1.16. The summed E-state index contributed by atoms with van der Waals surface area (Å²) < 4.78 is 4.87. The fourth-order valence-electron chi connectivity index (χ4n) is 7.93. The molecule has 2 heteroatoms. The first-order valence-electron chi connectivity index (χ1n) is 17.2. The zero-order chi connectivity index (χ0) is 33.0. The van der Waals surface area contributed by atoms with Gasteiger partial charge in [0.15, 0.2) is 0 Å². The quantitative estimate of drug-likeness (QED) is 0.178. The number of nitrogens with zero attached hydrogens (tertiary/aromatic N) is 2. The summed E-state index contributed by atoms with van der Waals surface area (Å²) in [5, 5.41) is 5.03. The molecule has 0 aliphatic rings. The van der Waals surface area contributed by atoms with E-state index in [2.05, 4.69) is 203 Å². The van der Waals surface area contributed by atoms with Crippen molar-refractivity contribution >= 4 is 43.6 Å². The minimum absolute atomic E-state index is 1.16. The lowest BCUT2D eigenvalue weighted by Crippen LogP contribution is -1.99. The van der Waals surface area contributed by atoms with Crippen molar-refractivity contribution in [3.8, 4) is 44.8 Å². The van der Waals surface area contributed by atoms with Gasteiger partial charge in [0.2, 0.25) is 0 Å². The molecule has 0 spiro atoms. The van der Waals surface area contributed by atoms with Crippen LogP contribution in [0.25, 0.3) is 88.4 Å². The van der Waals surface area contributed by atoms with Gasteiger partial charge in [0.05, 0.1) is 27.8 Å². The Kier molecular flexibility index (Phi) is 6.53. The summed E-state index contributed by atoms with van der Waals surface area (Å²) in [4.78, 5) is 0. The van der Waals surface area contributed by atoms with Crippen LogP contribution in [-0.4, -0.2) is 9.13 Å². The van der Waals surface area contributed by atoms with Crippen LogP contribution in [0.1, 0.15) is 0 Å². The fraction of sp³-hybridized carbons (Fsp3) is 0.